The standard InChI is InChI=1S/C15H12N3OS/c1-2-13-17-18-15(20-13)16-14(19)12-9-5-7-10-6-3-4-8-11(10)12/h3-9H,2H2,1H3. The number of benzene rings is 2. The molecule has 1 heterocycles. The molecule has 2 aromatic carbocycles. The van der Waals surface area contributed by atoms with Crippen LogP contribution in [0.2, 0.25) is 0 Å². The number of carbonyl (C=O) groups is 1. The molecular formula is C15H12N3OS. The summed E-state index contributed by atoms with van der Waals surface area (Å²) in [5.41, 5.74) is 4.51. The van der Waals surface area contributed by atoms with Crippen LogP contribution in [0.15, 0.2) is 52.6 Å². The van der Waals surface area contributed by atoms with Crippen LogP contribution in [0.1, 0.15) is 23.7 Å². The molecule has 0 fully saturated rings. The minimum atomic E-state index is -0.277. The van der Waals surface area contributed by atoms with Crippen LogP contribution in [0.25, 0.3) is 10.8 Å². The fourth-order valence-electron chi connectivity index (χ4n) is 1.99. The molecule has 20 heavy (non-hydrogen) atoms. The number of hydrogen-bond donors (Lipinski definition) is 0. The van der Waals surface area contributed by atoms with Crippen molar-refractivity contribution in [2.75, 3.05) is 0 Å². The molecule has 1 aliphatic rings. The van der Waals surface area contributed by atoms with Crippen LogP contribution < -0.4 is 5.43 Å². The number of hydrogen-bond acceptors (Lipinski definition) is 3. The van der Waals surface area contributed by atoms with Crippen molar-refractivity contribution in [2.24, 2.45) is 10.1 Å². The first kappa shape index (κ1) is 12.9. The van der Waals surface area contributed by atoms with Gasteiger partial charge in [-0.2, -0.15) is 4.99 Å². The molecule has 2 aromatic rings. The average Bonchev–Trinajstić information content (AvgIpc) is 2.94. The molecule has 0 bridgehead atoms. The van der Waals surface area contributed by atoms with Gasteiger partial charge < -0.3 is 0 Å². The van der Waals surface area contributed by atoms with Crippen LogP contribution in [0.4, 0.5) is 0 Å². The number of thioether (sulfide) groups is 1. The van der Waals surface area contributed by atoms with Crippen molar-refractivity contribution in [3.05, 3.63) is 48.0 Å². The van der Waals surface area contributed by atoms with E-state index in [1.807, 2.05) is 43.3 Å². The monoisotopic (exact) mass is 282 g/mol. The Labute approximate surface area is 121 Å². The lowest BCUT2D eigenvalue weighted by atomic mass is 10.0. The first-order valence-electron chi connectivity index (χ1n) is 6.34. The van der Waals surface area contributed by atoms with Crippen LogP contribution in [0.3, 0.4) is 0 Å². The summed E-state index contributed by atoms with van der Waals surface area (Å²) in [6.45, 7) is 2.00. The predicted octanol–water partition coefficient (Wildman–Crippen LogP) is 3.41. The Morgan fingerprint density at radius 1 is 1.20 bits per heavy atom. The number of rotatable bonds is 2. The van der Waals surface area contributed by atoms with Crippen molar-refractivity contribution in [1.82, 2.24) is 5.43 Å². The number of fused-ring (bicyclic) bond motifs is 1. The van der Waals surface area contributed by atoms with E-state index < -0.39 is 0 Å². The smallest absolute Gasteiger partial charge is 0.267 e. The van der Waals surface area contributed by atoms with Gasteiger partial charge in [-0.3, -0.25) is 4.79 Å². The molecule has 1 radical (unpaired) electrons. The highest BCUT2D eigenvalue weighted by Gasteiger charge is 2.17. The Morgan fingerprint density at radius 2 is 2.00 bits per heavy atom. The molecule has 4 nitrogen and oxygen atoms in total. The van der Waals surface area contributed by atoms with Gasteiger partial charge in [0.1, 0.15) is 5.04 Å². The van der Waals surface area contributed by atoms with E-state index in [1.54, 1.807) is 6.07 Å². The molecule has 0 spiro atoms. The summed E-state index contributed by atoms with van der Waals surface area (Å²) in [5, 5.41) is 7.20. The van der Waals surface area contributed by atoms with E-state index >= 15 is 0 Å². The Morgan fingerprint density at radius 3 is 2.80 bits per heavy atom. The fourth-order valence-corrected chi connectivity index (χ4v) is 2.64. The Balaban J connectivity index is 1.92. The highest BCUT2D eigenvalue weighted by molar-refractivity contribution is 8.26. The van der Waals surface area contributed by atoms with Crippen LogP contribution in [-0.2, 0) is 0 Å². The molecule has 0 aromatic heterocycles. The third kappa shape index (κ3) is 2.44. The van der Waals surface area contributed by atoms with E-state index in [0.717, 1.165) is 22.2 Å². The average molecular weight is 282 g/mol. The zero-order chi connectivity index (χ0) is 13.9. The minimum absolute atomic E-state index is 0.277. The van der Waals surface area contributed by atoms with Gasteiger partial charge in [-0.1, -0.05) is 43.3 Å². The first-order valence-corrected chi connectivity index (χ1v) is 7.16. The zero-order valence-corrected chi connectivity index (χ0v) is 11.7. The van der Waals surface area contributed by atoms with Crippen LogP contribution in [0.5, 0.6) is 0 Å². The van der Waals surface area contributed by atoms with Crippen LogP contribution >= 0.6 is 11.8 Å². The van der Waals surface area contributed by atoms with Crippen LogP contribution in [0, 0.1) is 0 Å². The lowest BCUT2D eigenvalue weighted by Gasteiger charge is -2.02. The highest BCUT2D eigenvalue weighted by atomic mass is 32.2. The molecular weight excluding hydrogens is 270 g/mol. The van der Waals surface area contributed by atoms with Crippen molar-refractivity contribution < 1.29 is 4.79 Å². The normalized spacial score (nSPS) is 16.2. The van der Waals surface area contributed by atoms with Crippen molar-refractivity contribution >= 4 is 38.7 Å². The minimum Gasteiger partial charge on any atom is -0.267 e. The summed E-state index contributed by atoms with van der Waals surface area (Å²) in [6, 6.07) is 13.4. The van der Waals surface area contributed by atoms with Gasteiger partial charge >= 0.3 is 0 Å². The molecule has 0 saturated heterocycles. The number of carbonyl (C=O) groups excluding carboxylic acids is 1. The van der Waals surface area contributed by atoms with Crippen molar-refractivity contribution in [3.63, 3.8) is 0 Å². The summed E-state index contributed by atoms with van der Waals surface area (Å²) in [7, 11) is 0. The van der Waals surface area contributed by atoms with Gasteiger partial charge in [0.25, 0.3) is 5.91 Å². The van der Waals surface area contributed by atoms with Crippen molar-refractivity contribution in [1.29, 1.82) is 0 Å². The van der Waals surface area contributed by atoms with E-state index in [0.29, 0.717) is 10.7 Å². The lowest BCUT2D eigenvalue weighted by Crippen LogP contribution is -2.05. The fraction of sp³-hybridized carbons (Fsp3) is 0.133. The Kier molecular flexibility index (Phi) is 3.52. The largest absolute Gasteiger partial charge is 0.280 e. The maximum Gasteiger partial charge on any atom is 0.280 e. The number of nitrogens with zero attached hydrogens (tertiary/aromatic N) is 3. The third-order valence-corrected chi connectivity index (χ3v) is 3.94. The van der Waals surface area contributed by atoms with E-state index in [9.17, 15) is 4.79 Å². The van der Waals surface area contributed by atoms with E-state index in [4.69, 9.17) is 0 Å². The third-order valence-electron chi connectivity index (χ3n) is 2.98. The van der Waals surface area contributed by atoms with Gasteiger partial charge in [0.05, 0.1) is 0 Å². The van der Waals surface area contributed by atoms with Gasteiger partial charge in [0.2, 0.25) is 5.17 Å². The van der Waals surface area contributed by atoms with Gasteiger partial charge in [0, 0.05) is 5.56 Å². The van der Waals surface area contributed by atoms with E-state index in [1.165, 1.54) is 11.8 Å². The van der Waals surface area contributed by atoms with Crippen LogP contribution in [-0.4, -0.2) is 16.1 Å². The van der Waals surface area contributed by atoms with Gasteiger partial charge in [-0.25, -0.2) is 0 Å². The van der Waals surface area contributed by atoms with Crippen molar-refractivity contribution in [2.45, 2.75) is 13.3 Å². The highest BCUT2D eigenvalue weighted by Crippen LogP contribution is 2.21. The molecule has 1 amide bonds. The van der Waals surface area contributed by atoms with E-state index in [-0.39, 0.29) is 5.91 Å². The number of amidine groups is 1. The zero-order valence-electron chi connectivity index (χ0n) is 10.9. The van der Waals surface area contributed by atoms with E-state index in [2.05, 4.69) is 15.5 Å². The maximum atomic E-state index is 12.3. The molecule has 0 N–H and O–H groups in total. The SMILES string of the molecule is CCC1=N[N]C(=NC(=O)c2cccc3ccccc23)S1. The lowest BCUT2D eigenvalue weighted by molar-refractivity contribution is 0.100. The molecule has 99 valence electrons. The van der Waals surface area contributed by atoms with Crippen molar-refractivity contribution in [3.8, 4) is 0 Å². The summed E-state index contributed by atoms with van der Waals surface area (Å²) in [5.74, 6) is -0.277. The first-order chi connectivity index (χ1) is 9.78. The second-order valence-electron chi connectivity index (χ2n) is 4.28. The second kappa shape index (κ2) is 5.46. The van der Waals surface area contributed by atoms with Gasteiger partial charge in [0.15, 0.2) is 0 Å². The quantitative estimate of drug-likeness (QED) is 0.847. The summed E-state index contributed by atoms with van der Waals surface area (Å²) >= 11 is 1.35. The summed E-state index contributed by atoms with van der Waals surface area (Å²) in [6.07, 6.45) is 0.801. The van der Waals surface area contributed by atoms with Gasteiger partial charge in [-0.05, 0) is 35.0 Å². The number of aliphatic imine (C=N–C) groups is 1. The molecule has 0 saturated carbocycles. The topological polar surface area (TPSA) is 55.9 Å². The molecule has 0 aliphatic carbocycles. The second-order valence-corrected chi connectivity index (χ2v) is 5.32. The molecule has 0 unspecified atom stereocenters. The Hall–Kier alpha value is -2.14. The molecule has 5 heteroatoms. The summed E-state index contributed by atoms with van der Waals surface area (Å²) < 4.78 is 0. The van der Waals surface area contributed by atoms with Gasteiger partial charge in [-0.15, -0.1) is 10.5 Å². The molecule has 0 atom stereocenters. The maximum absolute atomic E-state index is 12.3. The number of amides is 1. The molecule has 3 rings (SSSR count). The predicted molar refractivity (Wildman–Crippen MR) is 83.2 cm³/mol. The summed E-state index contributed by atoms with van der Waals surface area (Å²) in [4.78, 5) is 16.4. The molecule has 1 aliphatic heterocycles. The Bertz CT molecular complexity index is 731.